The van der Waals surface area contributed by atoms with E-state index in [2.05, 4.69) is 10.5 Å². The Balaban J connectivity index is 1.89. The normalized spacial score (nSPS) is 11.3. The molecule has 0 heterocycles. The van der Waals surface area contributed by atoms with Crippen molar-refractivity contribution >= 4 is 33.5 Å². The van der Waals surface area contributed by atoms with Gasteiger partial charge in [-0.05, 0) is 47.5 Å². The molecule has 0 aliphatic rings. The van der Waals surface area contributed by atoms with Crippen LogP contribution in [-0.4, -0.2) is 22.7 Å². The van der Waals surface area contributed by atoms with Crippen molar-refractivity contribution in [3.05, 3.63) is 80.4 Å². The standard InChI is InChI=1S/C19H16N4O5/c1-12(13-3-4-15-10-17(28-2)7-5-14(15)9-13)20-21-18-8-6-16(22(24)25)11-19(18)23(26)27/h3-11,21H,1-2H3/b20-12+. The number of fused-ring (bicyclic) bond motifs is 1. The molecule has 3 rings (SSSR count). The molecule has 0 unspecified atom stereocenters. The van der Waals surface area contributed by atoms with Crippen molar-refractivity contribution in [2.45, 2.75) is 6.92 Å². The number of nitrogens with zero attached hydrogens (tertiary/aromatic N) is 3. The van der Waals surface area contributed by atoms with Crippen molar-refractivity contribution in [3.8, 4) is 5.75 Å². The Labute approximate surface area is 159 Å². The summed E-state index contributed by atoms with van der Waals surface area (Å²) in [6, 6.07) is 14.8. The Hall–Kier alpha value is -4.01. The Kier molecular flexibility index (Phi) is 5.16. The minimum Gasteiger partial charge on any atom is -0.497 e. The maximum atomic E-state index is 11.2. The molecule has 0 aromatic heterocycles. The summed E-state index contributed by atoms with van der Waals surface area (Å²) in [6.45, 7) is 1.76. The quantitative estimate of drug-likeness (QED) is 0.382. The van der Waals surface area contributed by atoms with E-state index in [1.54, 1.807) is 14.0 Å². The van der Waals surface area contributed by atoms with Crippen molar-refractivity contribution in [1.29, 1.82) is 0 Å². The van der Waals surface area contributed by atoms with Crippen molar-refractivity contribution in [2.24, 2.45) is 5.10 Å². The van der Waals surface area contributed by atoms with Crippen LogP contribution < -0.4 is 10.2 Å². The zero-order chi connectivity index (χ0) is 20.3. The van der Waals surface area contributed by atoms with Gasteiger partial charge < -0.3 is 4.74 Å². The van der Waals surface area contributed by atoms with E-state index in [4.69, 9.17) is 4.74 Å². The van der Waals surface area contributed by atoms with Crippen LogP contribution in [0.1, 0.15) is 12.5 Å². The van der Waals surface area contributed by atoms with Crippen molar-refractivity contribution in [1.82, 2.24) is 0 Å². The van der Waals surface area contributed by atoms with E-state index in [1.165, 1.54) is 12.1 Å². The smallest absolute Gasteiger partial charge is 0.301 e. The maximum absolute atomic E-state index is 11.2. The number of methoxy groups -OCH3 is 1. The Morgan fingerprint density at radius 3 is 2.36 bits per heavy atom. The first kappa shape index (κ1) is 18.8. The number of nitro benzene ring substituents is 2. The molecule has 3 aromatic carbocycles. The molecule has 0 saturated heterocycles. The van der Waals surface area contributed by atoms with Gasteiger partial charge in [0.25, 0.3) is 5.69 Å². The highest BCUT2D eigenvalue weighted by Crippen LogP contribution is 2.29. The third-order valence-electron chi connectivity index (χ3n) is 4.20. The van der Waals surface area contributed by atoms with E-state index in [0.717, 1.165) is 28.2 Å². The van der Waals surface area contributed by atoms with Gasteiger partial charge in [0.15, 0.2) is 0 Å². The molecule has 0 fully saturated rings. The second-order valence-corrected chi connectivity index (χ2v) is 5.95. The van der Waals surface area contributed by atoms with Crippen LogP contribution in [0.15, 0.2) is 59.7 Å². The van der Waals surface area contributed by atoms with Gasteiger partial charge in [-0.1, -0.05) is 18.2 Å². The van der Waals surface area contributed by atoms with Crippen LogP contribution in [0.3, 0.4) is 0 Å². The van der Waals surface area contributed by atoms with Gasteiger partial charge in [-0.3, -0.25) is 25.7 Å². The van der Waals surface area contributed by atoms with E-state index in [1.807, 2.05) is 36.4 Å². The summed E-state index contributed by atoms with van der Waals surface area (Å²) in [5.74, 6) is 0.762. The molecule has 0 atom stereocenters. The van der Waals surface area contributed by atoms with E-state index >= 15 is 0 Å². The second kappa shape index (κ2) is 7.70. The number of anilines is 1. The summed E-state index contributed by atoms with van der Waals surface area (Å²) in [4.78, 5) is 20.6. The van der Waals surface area contributed by atoms with Crippen LogP contribution >= 0.6 is 0 Å². The van der Waals surface area contributed by atoms with Crippen molar-refractivity contribution in [2.75, 3.05) is 12.5 Å². The minimum absolute atomic E-state index is 0.0699. The van der Waals surface area contributed by atoms with Gasteiger partial charge in [0, 0.05) is 6.07 Å². The van der Waals surface area contributed by atoms with Crippen LogP contribution in [0.4, 0.5) is 17.1 Å². The molecular weight excluding hydrogens is 364 g/mol. The first-order chi connectivity index (χ1) is 13.4. The molecule has 0 aliphatic carbocycles. The number of nitro groups is 2. The molecule has 0 saturated carbocycles. The van der Waals surface area contributed by atoms with Gasteiger partial charge >= 0.3 is 5.69 Å². The minimum atomic E-state index is -0.691. The predicted octanol–water partition coefficient (Wildman–Crippen LogP) is 4.50. The number of hydrazone groups is 1. The van der Waals surface area contributed by atoms with Gasteiger partial charge in [-0.2, -0.15) is 5.10 Å². The van der Waals surface area contributed by atoms with Gasteiger partial charge in [0.1, 0.15) is 11.4 Å². The Morgan fingerprint density at radius 1 is 0.964 bits per heavy atom. The fourth-order valence-electron chi connectivity index (χ4n) is 2.66. The lowest BCUT2D eigenvalue weighted by Gasteiger charge is -2.07. The number of nitrogens with one attached hydrogen (secondary N) is 1. The second-order valence-electron chi connectivity index (χ2n) is 5.95. The Morgan fingerprint density at radius 2 is 1.68 bits per heavy atom. The predicted molar refractivity (Wildman–Crippen MR) is 106 cm³/mol. The average Bonchev–Trinajstić information content (AvgIpc) is 2.70. The fourth-order valence-corrected chi connectivity index (χ4v) is 2.66. The molecule has 142 valence electrons. The molecule has 0 bridgehead atoms. The Bertz CT molecular complexity index is 1110. The highest BCUT2D eigenvalue weighted by atomic mass is 16.6. The van der Waals surface area contributed by atoms with E-state index in [-0.39, 0.29) is 11.4 Å². The summed E-state index contributed by atoms with van der Waals surface area (Å²) >= 11 is 0. The lowest BCUT2D eigenvalue weighted by atomic mass is 10.0. The molecule has 28 heavy (non-hydrogen) atoms. The highest BCUT2D eigenvalue weighted by molar-refractivity contribution is 6.02. The highest BCUT2D eigenvalue weighted by Gasteiger charge is 2.19. The summed E-state index contributed by atoms with van der Waals surface area (Å²) in [5, 5.41) is 28.2. The number of benzene rings is 3. The molecule has 3 aromatic rings. The van der Waals surface area contributed by atoms with E-state index < -0.39 is 15.5 Å². The van der Waals surface area contributed by atoms with Gasteiger partial charge in [0.2, 0.25) is 0 Å². The monoisotopic (exact) mass is 380 g/mol. The fraction of sp³-hybridized carbons (Fsp3) is 0.105. The van der Waals surface area contributed by atoms with Crippen LogP contribution in [0.25, 0.3) is 10.8 Å². The third-order valence-corrected chi connectivity index (χ3v) is 4.20. The maximum Gasteiger partial charge on any atom is 0.301 e. The number of hydrogen-bond donors (Lipinski definition) is 1. The van der Waals surface area contributed by atoms with E-state index in [9.17, 15) is 20.2 Å². The molecule has 0 amide bonds. The van der Waals surface area contributed by atoms with Gasteiger partial charge in [0.05, 0.1) is 28.7 Å². The number of ether oxygens (including phenoxy) is 1. The lowest BCUT2D eigenvalue weighted by molar-refractivity contribution is -0.393. The topological polar surface area (TPSA) is 120 Å². The zero-order valence-electron chi connectivity index (χ0n) is 15.1. The molecule has 1 N–H and O–H groups in total. The van der Waals surface area contributed by atoms with Crippen LogP contribution in [0, 0.1) is 20.2 Å². The SMILES string of the molecule is COc1ccc2cc(/C(C)=N/Nc3ccc([N+](=O)[O-])cc3[N+](=O)[O-])ccc2c1. The number of non-ortho nitro benzene ring substituents is 1. The summed E-state index contributed by atoms with van der Waals surface area (Å²) in [6.07, 6.45) is 0. The largest absolute Gasteiger partial charge is 0.497 e. The van der Waals surface area contributed by atoms with Gasteiger partial charge in [-0.15, -0.1) is 0 Å². The van der Waals surface area contributed by atoms with Gasteiger partial charge in [-0.25, -0.2) is 0 Å². The molecular formula is C19H16N4O5. The summed E-state index contributed by atoms with van der Waals surface area (Å²) in [7, 11) is 1.61. The average molecular weight is 380 g/mol. The number of hydrogen-bond acceptors (Lipinski definition) is 7. The van der Waals surface area contributed by atoms with Crippen LogP contribution in [-0.2, 0) is 0 Å². The number of rotatable bonds is 6. The third kappa shape index (κ3) is 3.88. The molecule has 9 nitrogen and oxygen atoms in total. The summed E-state index contributed by atoms with van der Waals surface area (Å²) in [5.41, 5.74) is 3.35. The van der Waals surface area contributed by atoms with E-state index in [0.29, 0.717) is 5.71 Å². The first-order valence-corrected chi connectivity index (χ1v) is 8.20. The first-order valence-electron chi connectivity index (χ1n) is 8.20. The van der Waals surface area contributed by atoms with Crippen LogP contribution in [0.2, 0.25) is 0 Å². The zero-order valence-corrected chi connectivity index (χ0v) is 15.1. The molecule has 0 aliphatic heterocycles. The summed E-state index contributed by atoms with van der Waals surface area (Å²) < 4.78 is 5.21. The lowest BCUT2D eigenvalue weighted by Crippen LogP contribution is -2.02. The molecule has 0 radical (unpaired) electrons. The van der Waals surface area contributed by atoms with Crippen LogP contribution in [0.5, 0.6) is 5.75 Å². The van der Waals surface area contributed by atoms with Crippen molar-refractivity contribution < 1.29 is 14.6 Å². The van der Waals surface area contributed by atoms with Crippen molar-refractivity contribution in [3.63, 3.8) is 0 Å². The molecule has 0 spiro atoms. The molecule has 9 heteroatoms.